The number of halogens is 1. The number of benzene rings is 1. The van der Waals surface area contributed by atoms with Gasteiger partial charge in [0.1, 0.15) is 15.7 Å². The number of anilines is 3. The van der Waals surface area contributed by atoms with E-state index in [1.165, 1.54) is 35.6 Å². The fraction of sp³-hybridized carbons (Fsp3) is 0.105. The lowest BCUT2D eigenvalue weighted by Gasteiger charge is -2.08. The van der Waals surface area contributed by atoms with Crippen LogP contribution in [0.3, 0.4) is 0 Å². The smallest absolute Gasteiger partial charge is 0.350 e. The molecule has 152 valence electrons. The van der Waals surface area contributed by atoms with E-state index in [0.29, 0.717) is 16.3 Å². The second-order valence-electron chi connectivity index (χ2n) is 6.05. The molecule has 0 saturated heterocycles. The van der Waals surface area contributed by atoms with Crippen molar-refractivity contribution >= 4 is 46.2 Å². The van der Waals surface area contributed by atoms with Gasteiger partial charge >= 0.3 is 5.97 Å². The van der Waals surface area contributed by atoms with Crippen molar-refractivity contribution in [2.45, 2.75) is 13.5 Å². The molecule has 0 amide bonds. The number of ether oxygens (including phenoxy) is 1. The predicted molar refractivity (Wildman–Crippen MR) is 113 cm³/mol. The molecule has 3 N–H and O–H groups in total. The highest BCUT2D eigenvalue weighted by molar-refractivity contribution is 7.22. The third kappa shape index (κ3) is 4.58. The maximum atomic E-state index is 13.0. The van der Waals surface area contributed by atoms with Gasteiger partial charge in [-0.2, -0.15) is 15.0 Å². The van der Waals surface area contributed by atoms with Crippen LogP contribution in [0.1, 0.15) is 21.2 Å². The van der Waals surface area contributed by atoms with Gasteiger partial charge in [0.05, 0.1) is 10.6 Å². The summed E-state index contributed by atoms with van der Waals surface area (Å²) in [5, 5.41) is 5.62. The Morgan fingerprint density at radius 2 is 1.97 bits per heavy atom. The summed E-state index contributed by atoms with van der Waals surface area (Å²) in [6.45, 7) is 1.57. The number of thiophene rings is 1. The van der Waals surface area contributed by atoms with Crippen molar-refractivity contribution in [1.82, 2.24) is 19.9 Å². The molecule has 0 fully saturated rings. The second kappa shape index (κ2) is 8.51. The highest BCUT2D eigenvalue weighted by Crippen LogP contribution is 2.31. The van der Waals surface area contributed by atoms with Crippen molar-refractivity contribution in [3.8, 4) is 9.88 Å². The minimum Gasteiger partial charge on any atom is -0.453 e. The summed E-state index contributed by atoms with van der Waals surface area (Å²) in [7, 11) is 0. The van der Waals surface area contributed by atoms with Gasteiger partial charge in [-0.25, -0.2) is 14.2 Å². The zero-order valence-electron chi connectivity index (χ0n) is 15.6. The van der Waals surface area contributed by atoms with Gasteiger partial charge in [-0.1, -0.05) is 6.07 Å². The first-order chi connectivity index (χ1) is 14.5. The van der Waals surface area contributed by atoms with E-state index in [1.54, 1.807) is 18.3 Å². The van der Waals surface area contributed by atoms with E-state index in [2.05, 4.69) is 25.3 Å². The van der Waals surface area contributed by atoms with Gasteiger partial charge in [0.15, 0.2) is 12.4 Å². The molecule has 30 heavy (non-hydrogen) atoms. The lowest BCUT2D eigenvalue weighted by atomic mass is 10.3. The number of nitrogens with zero attached hydrogens (tertiary/aromatic N) is 4. The van der Waals surface area contributed by atoms with E-state index in [1.807, 2.05) is 17.5 Å². The average Bonchev–Trinajstić information content (AvgIpc) is 3.37. The molecule has 0 bridgehead atoms. The minimum atomic E-state index is -0.514. The summed E-state index contributed by atoms with van der Waals surface area (Å²) in [4.78, 5) is 30.5. The van der Waals surface area contributed by atoms with Crippen LogP contribution in [0.5, 0.6) is 0 Å². The Morgan fingerprint density at radius 1 is 1.17 bits per heavy atom. The van der Waals surface area contributed by atoms with Crippen LogP contribution < -0.4 is 11.1 Å². The summed E-state index contributed by atoms with van der Waals surface area (Å²) in [6, 6.07) is 9.55. The van der Waals surface area contributed by atoms with Gasteiger partial charge in [-0.15, -0.1) is 22.7 Å². The molecule has 0 spiro atoms. The Bertz CT molecular complexity index is 1180. The van der Waals surface area contributed by atoms with Crippen LogP contribution in [0.25, 0.3) is 9.88 Å². The number of carbonyl (C=O) groups is 1. The molecule has 0 aliphatic rings. The Balaban J connectivity index is 1.45. The van der Waals surface area contributed by atoms with Crippen molar-refractivity contribution in [3.05, 3.63) is 64.0 Å². The molecule has 4 rings (SSSR count). The topological polar surface area (TPSA) is 116 Å². The molecular formula is C19H15FN6O2S2. The summed E-state index contributed by atoms with van der Waals surface area (Å²) >= 11 is 2.83. The van der Waals surface area contributed by atoms with Gasteiger partial charge in [0, 0.05) is 5.69 Å². The number of hydrogen-bond acceptors (Lipinski definition) is 10. The Hall–Kier alpha value is -3.44. The van der Waals surface area contributed by atoms with Crippen LogP contribution in [0.15, 0.2) is 41.8 Å². The third-order valence-electron chi connectivity index (χ3n) is 3.85. The van der Waals surface area contributed by atoms with Crippen molar-refractivity contribution in [2.75, 3.05) is 11.1 Å². The SMILES string of the molecule is Cc1nc(-c2cccs2)sc1C(=O)OCc1nc(N)nc(Nc2ccc(F)cc2)n1. The Kier molecular flexibility index (Phi) is 5.63. The van der Waals surface area contributed by atoms with E-state index in [4.69, 9.17) is 10.5 Å². The highest BCUT2D eigenvalue weighted by Gasteiger charge is 2.19. The third-order valence-corrected chi connectivity index (χ3v) is 6.02. The van der Waals surface area contributed by atoms with Gasteiger partial charge in [-0.3, -0.25) is 0 Å². The molecule has 0 unspecified atom stereocenters. The molecule has 1 aromatic carbocycles. The first kappa shape index (κ1) is 19.9. The molecule has 8 nitrogen and oxygen atoms in total. The van der Waals surface area contributed by atoms with Crippen LogP contribution in [0.4, 0.5) is 22.0 Å². The van der Waals surface area contributed by atoms with Crippen molar-refractivity contribution in [2.24, 2.45) is 0 Å². The number of nitrogen functional groups attached to an aromatic ring is 1. The number of aromatic nitrogens is 4. The number of aryl methyl sites for hydroxylation is 1. The molecule has 3 aromatic heterocycles. The first-order valence-electron chi connectivity index (χ1n) is 8.69. The monoisotopic (exact) mass is 442 g/mol. The maximum Gasteiger partial charge on any atom is 0.350 e. The van der Waals surface area contributed by atoms with Crippen molar-refractivity contribution in [1.29, 1.82) is 0 Å². The highest BCUT2D eigenvalue weighted by atomic mass is 32.1. The van der Waals surface area contributed by atoms with Gasteiger partial charge < -0.3 is 15.8 Å². The van der Waals surface area contributed by atoms with Gasteiger partial charge in [-0.05, 0) is 42.6 Å². The average molecular weight is 443 g/mol. The van der Waals surface area contributed by atoms with Crippen LogP contribution in [-0.2, 0) is 11.3 Å². The summed E-state index contributed by atoms with van der Waals surface area (Å²) in [5.74, 6) is -0.562. The molecule has 11 heteroatoms. The minimum absolute atomic E-state index is 0.0328. The standard InChI is InChI=1S/C19H15FN6O2S2/c1-10-15(30-16(22-10)13-3-2-8-29-13)17(27)28-9-14-24-18(21)26-19(25-14)23-12-6-4-11(20)5-7-12/h2-8H,9H2,1H3,(H3,21,23,24,25,26). The number of esters is 1. The van der Waals surface area contributed by atoms with E-state index in [0.717, 1.165) is 9.88 Å². The number of nitrogens with two attached hydrogens (primary N) is 1. The van der Waals surface area contributed by atoms with Crippen LogP contribution in [0, 0.1) is 12.7 Å². The molecule has 0 aliphatic carbocycles. The molecule has 0 radical (unpaired) electrons. The lowest BCUT2D eigenvalue weighted by Crippen LogP contribution is -2.11. The molecule has 0 atom stereocenters. The van der Waals surface area contributed by atoms with Crippen molar-refractivity contribution < 1.29 is 13.9 Å². The van der Waals surface area contributed by atoms with E-state index in [-0.39, 0.29) is 30.1 Å². The quantitative estimate of drug-likeness (QED) is 0.427. The lowest BCUT2D eigenvalue weighted by molar-refractivity contribution is 0.0467. The molecule has 0 saturated carbocycles. The van der Waals surface area contributed by atoms with Crippen LogP contribution in [0.2, 0.25) is 0 Å². The van der Waals surface area contributed by atoms with E-state index >= 15 is 0 Å². The Labute approximate surface area is 178 Å². The first-order valence-corrected chi connectivity index (χ1v) is 10.4. The van der Waals surface area contributed by atoms with Crippen molar-refractivity contribution in [3.63, 3.8) is 0 Å². The number of hydrogen-bond donors (Lipinski definition) is 2. The number of nitrogens with one attached hydrogen (secondary N) is 1. The van der Waals surface area contributed by atoms with E-state index in [9.17, 15) is 9.18 Å². The van der Waals surface area contributed by atoms with Crippen LogP contribution >= 0.6 is 22.7 Å². The molecule has 0 aliphatic heterocycles. The fourth-order valence-electron chi connectivity index (χ4n) is 2.51. The molecule has 3 heterocycles. The number of rotatable bonds is 6. The summed E-state index contributed by atoms with van der Waals surface area (Å²) in [5.41, 5.74) is 6.90. The normalized spacial score (nSPS) is 10.7. The van der Waals surface area contributed by atoms with Gasteiger partial charge in [0.2, 0.25) is 11.9 Å². The van der Waals surface area contributed by atoms with Gasteiger partial charge in [0.25, 0.3) is 0 Å². The van der Waals surface area contributed by atoms with E-state index < -0.39 is 5.97 Å². The zero-order chi connectivity index (χ0) is 21.1. The molecular weight excluding hydrogens is 427 g/mol. The fourth-order valence-corrected chi connectivity index (χ4v) is 4.26. The largest absolute Gasteiger partial charge is 0.453 e. The number of carbonyl (C=O) groups excluding carboxylic acids is 1. The predicted octanol–water partition coefficient (Wildman–Crippen LogP) is 4.19. The second-order valence-corrected chi connectivity index (χ2v) is 8.00. The summed E-state index contributed by atoms with van der Waals surface area (Å²) < 4.78 is 18.4. The molecule has 4 aromatic rings. The summed E-state index contributed by atoms with van der Waals surface area (Å²) in [6.07, 6.45) is 0. The Morgan fingerprint density at radius 3 is 2.70 bits per heavy atom. The zero-order valence-corrected chi connectivity index (χ0v) is 17.3. The maximum absolute atomic E-state index is 13.0. The number of thiazole rings is 1. The van der Waals surface area contributed by atoms with Crippen LogP contribution in [-0.4, -0.2) is 25.9 Å².